The SMILES string of the molecule is C=CCOC(=O)N1CC2(C1)OC1(C)CC2(C(=O)O)C1. The molecular weight excluding hydrogens is 250 g/mol. The Kier molecular flexibility index (Phi) is 2.30. The zero-order valence-corrected chi connectivity index (χ0v) is 10.8. The molecule has 0 aromatic heterocycles. The van der Waals surface area contributed by atoms with Crippen molar-refractivity contribution in [1.29, 1.82) is 0 Å². The van der Waals surface area contributed by atoms with Crippen LogP contribution in [0.1, 0.15) is 19.8 Å². The summed E-state index contributed by atoms with van der Waals surface area (Å²) >= 11 is 0. The largest absolute Gasteiger partial charge is 0.481 e. The molecule has 4 aliphatic rings. The minimum Gasteiger partial charge on any atom is -0.481 e. The van der Waals surface area contributed by atoms with Crippen molar-refractivity contribution < 1.29 is 24.2 Å². The van der Waals surface area contributed by atoms with Gasteiger partial charge in [0.05, 0.1) is 18.7 Å². The second-order valence-electron chi connectivity index (χ2n) is 6.01. The Morgan fingerprint density at radius 2 is 2.11 bits per heavy atom. The van der Waals surface area contributed by atoms with Crippen LogP contribution in [0.25, 0.3) is 0 Å². The van der Waals surface area contributed by atoms with Gasteiger partial charge in [-0.1, -0.05) is 12.7 Å². The average Bonchev–Trinajstić information content (AvgIpc) is 2.68. The van der Waals surface area contributed by atoms with Gasteiger partial charge < -0.3 is 19.5 Å². The van der Waals surface area contributed by atoms with Crippen LogP contribution in [-0.2, 0) is 14.3 Å². The van der Waals surface area contributed by atoms with Crippen LogP contribution < -0.4 is 0 Å². The summed E-state index contributed by atoms with van der Waals surface area (Å²) in [6, 6.07) is 0. The lowest BCUT2D eigenvalue weighted by Gasteiger charge is -2.52. The van der Waals surface area contributed by atoms with Crippen LogP contribution in [0.5, 0.6) is 0 Å². The normalized spacial score (nSPS) is 37.4. The smallest absolute Gasteiger partial charge is 0.410 e. The van der Waals surface area contributed by atoms with E-state index < -0.39 is 23.1 Å². The monoisotopic (exact) mass is 267 g/mol. The van der Waals surface area contributed by atoms with Gasteiger partial charge >= 0.3 is 12.1 Å². The van der Waals surface area contributed by atoms with Gasteiger partial charge in [0.2, 0.25) is 0 Å². The van der Waals surface area contributed by atoms with Gasteiger partial charge in [-0.25, -0.2) is 4.79 Å². The molecule has 0 radical (unpaired) electrons. The number of amides is 1. The molecule has 2 bridgehead atoms. The van der Waals surface area contributed by atoms with Crippen molar-refractivity contribution in [2.24, 2.45) is 5.41 Å². The van der Waals surface area contributed by atoms with Crippen molar-refractivity contribution >= 4 is 12.1 Å². The summed E-state index contributed by atoms with van der Waals surface area (Å²) in [6.45, 7) is 6.15. The molecule has 0 unspecified atom stereocenters. The summed E-state index contributed by atoms with van der Waals surface area (Å²) in [7, 11) is 0. The van der Waals surface area contributed by atoms with Crippen LogP contribution in [0.4, 0.5) is 4.79 Å². The number of carboxylic acids is 1. The van der Waals surface area contributed by atoms with E-state index >= 15 is 0 Å². The number of carbonyl (C=O) groups is 2. The molecule has 1 saturated carbocycles. The highest BCUT2D eigenvalue weighted by Gasteiger charge is 2.80. The van der Waals surface area contributed by atoms with Crippen LogP contribution in [0.2, 0.25) is 0 Å². The van der Waals surface area contributed by atoms with E-state index in [0.717, 1.165) is 0 Å². The number of hydrogen-bond donors (Lipinski definition) is 1. The van der Waals surface area contributed by atoms with E-state index in [1.807, 2.05) is 6.92 Å². The molecule has 3 saturated heterocycles. The van der Waals surface area contributed by atoms with E-state index in [0.29, 0.717) is 25.9 Å². The van der Waals surface area contributed by atoms with Crippen LogP contribution in [0, 0.1) is 5.41 Å². The number of nitrogens with zero attached hydrogens (tertiary/aromatic N) is 1. The van der Waals surface area contributed by atoms with Crippen LogP contribution in [0.15, 0.2) is 12.7 Å². The van der Waals surface area contributed by atoms with Crippen molar-refractivity contribution in [3.8, 4) is 0 Å². The van der Waals surface area contributed by atoms with Crippen molar-refractivity contribution in [2.75, 3.05) is 19.7 Å². The zero-order valence-electron chi connectivity index (χ0n) is 10.8. The van der Waals surface area contributed by atoms with Gasteiger partial charge in [0.25, 0.3) is 0 Å². The molecule has 1 N–H and O–H groups in total. The molecule has 4 rings (SSSR count). The van der Waals surface area contributed by atoms with Crippen LogP contribution in [0.3, 0.4) is 0 Å². The molecule has 0 atom stereocenters. The van der Waals surface area contributed by atoms with E-state index in [4.69, 9.17) is 9.47 Å². The fourth-order valence-electron chi connectivity index (χ4n) is 3.82. The number of aliphatic carboxylic acids is 1. The Labute approximate surface area is 111 Å². The maximum Gasteiger partial charge on any atom is 0.410 e. The number of likely N-dealkylation sites (tertiary alicyclic amines) is 1. The number of hydrogen-bond acceptors (Lipinski definition) is 4. The minimum atomic E-state index is -0.822. The summed E-state index contributed by atoms with van der Waals surface area (Å²) in [5.41, 5.74) is -1.88. The van der Waals surface area contributed by atoms with Gasteiger partial charge in [-0.2, -0.15) is 0 Å². The van der Waals surface area contributed by atoms with Crippen LogP contribution >= 0.6 is 0 Å². The van der Waals surface area contributed by atoms with Crippen molar-refractivity contribution in [3.63, 3.8) is 0 Å². The first kappa shape index (κ1) is 12.5. The number of carbonyl (C=O) groups excluding carboxylic acids is 1. The maximum absolute atomic E-state index is 11.7. The Balaban J connectivity index is 1.70. The number of rotatable bonds is 3. The first-order valence-electron chi connectivity index (χ1n) is 6.33. The number of ether oxygens (including phenoxy) is 2. The molecule has 104 valence electrons. The summed E-state index contributed by atoms with van der Waals surface area (Å²) in [5.74, 6) is -0.818. The molecular formula is C13H17NO5. The summed E-state index contributed by atoms with van der Waals surface area (Å²) in [5, 5.41) is 9.46. The Hall–Kier alpha value is -1.56. The molecule has 0 aromatic rings. The van der Waals surface area contributed by atoms with Crippen molar-refractivity contribution in [1.82, 2.24) is 4.90 Å². The van der Waals surface area contributed by atoms with E-state index in [1.54, 1.807) is 0 Å². The highest BCUT2D eigenvalue weighted by molar-refractivity contribution is 5.81. The second kappa shape index (κ2) is 3.50. The Morgan fingerprint density at radius 1 is 1.47 bits per heavy atom. The molecule has 19 heavy (non-hydrogen) atoms. The topological polar surface area (TPSA) is 76.1 Å². The van der Waals surface area contributed by atoms with E-state index in [9.17, 15) is 14.7 Å². The highest BCUT2D eigenvalue weighted by atomic mass is 16.6. The van der Waals surface area contributed by atoms with Crippen LogP contribution in [-0.4, -0.2) is 53.0 Å². The van der Waals surface area contributed by atoms with Gasteiger partial charge in [0.1, 0.15) is 17.6 Å². The molecule has 1 aliphatic carbocycles. The van der Waals surface area contributed by atoms with E-state index in [-0.39, 0.29) is 12.2 Å². The van der Waals surface area contributed by atoms with Gasteiger partial charge in [-0.05, 0) is 19.8 Å². The molecule has 6 heteroatoms. The lowest BCUT2D eigenvalue weighted by Crippen LogP contribution is -2.70. The third-order valence-corrected chi connectivity index (χ3v) is 4.55. The summed E-state index contributed by atoms with van der Waals surface area (Å²) < 4.78 is 10.9. The van der Waals surface area contributed by atoms with Crippen molar-refractivity contribution in [2.45, 2.75) is 31.0 Å². The van der Waals surface area contributed by atoms with E-state index in [2.05, 4.69) is 6.58 Å². The fraction of sp³-hybridized carbons (Fsp3) is 0.692. The fourth-order valence-corrected chi connectivity index (χ4v) is 3.82. The first-order valence-corrected chi connectivity index (χ1v) is 6.33. The molecule has 0 aromatic carbocycles. The maximum atomic E-state index is 11.7. The van der Waals surface area contributed by atoms with Gasteiger partial charge in [0, 0.05) is 0 Å². The molecule has 3 aliphatic heterocycles. The molecule has 1 amide bonds. The standard InChI is InChI=1S/C13H17NO5/c1-3-4-18-10(17)14-7-13(8-14)12(9(15)16)5-11(2,6-12)19-13/h3H,1,4-8H2,2H3,(H,15,16). The minimum absolute atomic E-state index is 0.158. The van der Waals surface area contributed by atoms with E-state index in [1.165, 1.54) is 11.0 Å². The average molecular weight is 267 g/mol. The molecule has 4 fully saturated rings. The third kappa shape index (κ3) is 1.40. The second-order valence-corrected chi connectivity index (χ2v) is 6.01. The Bertz CT molecular complexity index is 460. The van der Waals surface area contributed by atoms with Gasteiger partial charge in [-0.15, -0.1) is 0 Å². The van der Waals surface area contributed by atoms with Crippen molar-refractivity contribution in [3.05, 3.63) is 12.7 Å². The first-order chi connectivity index (χ1) is 8.86. The third-order valence-electron chi connectivity index (χ3n) is 4.55. The molecule has 1 spiro atoms. The highest BCUT2D eigenvalue weighted by Crippen LogP contribution is 2.68. The number of carboxylic acid groups (broad SMARTS) is 1. The van der Waals surface area contributed by atoms with Gasteiger partial charge in [-0.3, -0.25) is 4.79 Å². The predicted molar refractivity (Wildman–Crippen MR) is 64.6 cm³/mol. The summed E-state index contributed by atoms with van der Waals surface area (Å²) in [4.78, 5) is 24.7. The quantitative estimate of drug-likeness (QED) is 0.772. The molecule has 6 nitrogen and oxygen atoms in total. The summed E-state index contributed by atoms with van der Waals surface area (Å²) in [6.07, 6.45) is 2.12. The molecule has 3 heterocycles. The zero-order chi connectivity index (χ0) is 13.9. The Morgan fingerprint density at radius 3 is 2.63 bits per heavy atom. The van der Waals surface area contributed by atoms with Gasteiger partial charge in [0.15, 0.2) is 0 Å². The lowest BCUT2D eigenvalue weighted by molar-refractivity contribution is -0.171. The lowest BCUT2D eigenvalue weighted by atomic mass is 9.54. The predicted octanol–water partition coefficient (Wildman–Crippen LogP) is 1.02.